The lowest BCUT2D eigenvalue weighted by Gasteiger charge is -2.16. The van der Waals surface area contributed by atoms with Crippen LogP contribution in [-0.4, -0.2) is 30.9 Å². The van der Waals surface area contributed by atoms with E-state index in [9.17, 15) is 9.90 Å². The number of primary amides is 1. The number of rotatable bonds is 4. The molecule has 3 rings (SSSR count). The maximum atomic E-state index is 10.9. The minimum atomic E-state index is -0.998. The van der Waals surface area contributed by atoms with Crippen LogP contribution >= 0.6 is 0 Å². The van der Waals surface area contributed by atoms with E-state index in [1.807, 2.05) is 6.07 Å². The van der Waals surface area contributed by atoms with E-state index in [0.717, 1.165) is 11.1 Å². The van der Waals surface area contributed by atoms with Gasteiger partial charge in [0.05, 0.1) is 17.6 Å². The molecule has 24 heavy (non-hydrogen) atoms. The molecule has 3 aromatic heterocycles. The molecule has 3 aromatic rings. The van der Waals surface area contributed by atoms with Crippen LogP contribution in [0.15, 0.2) is 36.8 Å². The maximum Gasteiger partial charge on any atom is 0.241 e. The number of nitrogens with one attached hydrogen (secondary N) is 1. The molecular weight excluding hydrogens is 306 g/mol. The standard InChI is InChI=1S/C17H17N5O2/c1-17(2,24)13-5-3-10(7-19-13)12-9-21-16-15(22-12)11(8-20-16)4-6-14(18)23/h3-9,24H,1-2H3,(H2,18,23)(H,20,21)/b6-4+. The van der Waals surface area contributed by atoms with Crippen LogP contribution < -0.4 is 5.73 Å². The van der Waals surface area contributed by atoms with Crippen molar-refractivity contribution in [3.05, 3.63) is 48.1 Å². The predicted molar refractivity (Wildman–Crippen MR) is 90.6 cm³/mol. The third kappa shape index (κ3) is 3.16. The molecule has 0 atom stereocenters. The van der Waals surface area contributed by atoms with E-state index >= 15 is 0 Å². The first-order chi connectivity index (χ1) is 11.3. The number of aromatic amines is 1. The zero-order chi connectivity index (χ0) is 17.3. The molecule has 0 saturated carbocycles. The van der Waals surface area contributed by atoms with E-state index in [1.54, 1.807) is 44.6 Å². The van der Waals surface area contributed by atoms with Gasteiger partial charge in [-0.05, 0) is 32.1 Å². The molecule has 0 unspecified atom stereocenters. The molecule has 4 N–H and O–H groups in total. The minimum Gasteiger partial charge on any atom is -0.384 e. The van der Waals surface area contributed by atoms with E-state index in [2.05, 4.69) is 19.9 Å². The number of aliphatic hydroxyl groups is 1. The van der Waals surface area contributed by atoms with Crippen molar-refractivity contribution in [3.63, 3.8) is 0 Å². The number of pyridine rings is 1. The Kier molecular flexibility index (Phi) is 3.86. The molecule has 0 aromatic carbocycles. The molecule has 0 aliphatic rings. The summed E-state index contributed by atoms with van der Waals surface area (Å²) in [6, 6.07) is 3.59. The Balaban J connectivity index is 2.01. The summed E-state index contributed by atoms with van der Waals surface area (Å²) in [6.45, 7) is 3.36. The number of carbonyl (C=O) groups excluding carboxylic acids is 1. The van der Waals surface area contributed by atoms with Gasteiger partial charge in [0.15, 0.2) is 5.65 Å². The first-order valence-electron chi connectivity index (χ1n) is 7.35. The summed E-state index contributed by atoms with van der Waals surface area (Å²) < 4.78 is 0. The van der Waals surface area contributed by atoms with Gasteiger partial charge in [0, 0.05) is 29.6 Å². The maximum absolute atomic E-state index is 10.9. The van der Waals surface area contributed by atoms with Gasteiger partial charge in [-0.1, -0.05) is 0 Å². The molecule has 0 fully saturated rings. The van der Waals surface area contributed by atoms with Crippen molar-refractivity contribution in [3.8, 4) is 11.3 Å². The first kappa shape index (κ1) is 15.8. The fourth-order valence-electron chi connectivity index (χ4n) is 2.26. The highest BCUT2D eigenvalue weighted by Gasteiger charge is 2.17. The number of hydrogen-bond acceptors (Lipinski definition) is 5. The molecule has 3 heterocycles. The van der Waals surface area contributed by atoms with Crippen molar-refractivity contribution in [2.45, 2.75) is 19.4 Å². The zero-order valence-corrected chi connectivity index (χ0v) is 13.3. The largest absolute Gasteiger partial charge is 0.384 e. The highest BCUT2D eigenvalue weighted by atomic mass is 16.3. The number of carbonyl (C=O) groups is 1. The predicted octanol–water partition coefficient (Wildman–Crippen LogP) is 1.75. The van der Waals surface area contributed by atoms with E-state index in [1.165, 1.54) is 6.08 Å². The average Bonchev–Trinajstić information content (AvgIpc) is 2.94. The molecule has 0 saturated heterocycles. The summed E-state index contributed by atoms with van der Waals surface area (Å²) in [5.41, 5.74) is 8.10. The zero-order valence-electron chi connectivity index (χ0n) is 13.3. The topological polar surface area (TPSA) is 118 Å². The summed E-state index contributed by atoms with van der Waals surface area (Å²) in [5.74, 6) is -0.528. The Hall–Kier alpha value is -3.06. The molecule has 0 aliphatic heterocycles. The van der Waals surface area contributed by atoms with Crippen molar-refractivity contribution in [1.82, 2.24) is 19.9 Å². The van der Waals surface area contributed by atoms with Crippen LogP contribution in [0.1, 0.15) is 25.1 Å². The summed E-state index contributed by atoms with van der Waals surface area (Å²) in [4.78, 5) is 27.1. The van der Waals surface area contributed by atoms with Gasteiger partial charge in [0.2, 0.25) is 5.91 Å². The highest BCUT2D eigenvalue weighted by molar-refractivity contribution is 5.93. The summed E-state index contributed by atoms with van der Waals surface area (Å²) >= 11 is 0. The van der Waals surface area contributed by atoms with Gasteiger partial charge in [-0.3, -0.25) is 9.78 Å². The van der Waals surface area contributed by atoms with Crippen LogP contribution in [0.3, 0.4) is 0 Å². The quantitative estimate of drug-likeness (QED) is 0.632. The second-order valence-electron chi connectivity index (χ2n) is 5.92. The number of fused-ring (bicyclic) bond motifs is 1. The normalized spacial score (nSPS) is 12.1. The Morgan fingerprint density at radius 1 is 1.29 bits per heavy atom. The Morgan fingerprint density at radius 3 is 2.71 bits per heavy atom. The number of nitrogens with two attached hydrogens (primary N) is 1. The lowest BCUT2D eigenvalue weighted by molar-refractivity contribution is -0.113. The van der Waals surface area contributed by atoms with Gasteiger partial charge in [-0.25, -0.2) is 9.97 Å². The lowest BCUT2D eigenvalue weighted by atomic mass is 10.0. The van der Waals surface area contributed by atoms with Gasteiger partial charge >= 0.3 is 0 Å². The van der Waals surface area contributed by atoms with Crippen molar-refractivity contribution in [2.75, 3.05) is 0 Å². The summed E-state index contributed by atoms with van der Waals surface area (Å²) in [5, 5.41) is 9.96. The van der Waals surface area contributed by atoms with Gasteiger partial charge in [0.25, 0.3) is 0 Å². The molecule has 122 valence electrons. The molecule has 0 aliphatic carbocycles. The molecule has 7 nitrogen and oxygen atoms in total. The van der Waals surface area contributed by atoms with Gasteiger partial charge in [-0.2, -0.15) is 0 Å². The Labute approximate surface area is 138 Å². The molecule has 0 radical (unpaired) electrons. The van der Waals surface area contributed by atoms with Gasteiger partial charge < -0.3 is 15.8 Å². The van der Waals surface area contributed by atoms with Crippen molar-refractivity contribution >= 4 is 23.1 Å². The smallest absolute Gasteiger partial charge is 0.241 e. The van der Waals surface area contributed by atoms with Crippen LogP contribution in [0, 0.1) is 0 Å². The van der Waals surface area contributed by atoms with Crippen LogP contribution in [-0.2, 0) is 10.4 Å². The van der Waals surface area contributed by atoms with Crippen LogP contribution in [0.25, 0.3) is 28.5 Å². The molecule has 0 spiro atoms. The number of H-pyrrole nitrogens is 1. The molecule has 1 amide bonds. The van der Waals surface area contributed by atoms with Crippen molar-refractivity contribution in [2.24, 2.45) is 5.73 Å². The molecular formula is C17H17N5O2. The van der Waals surface area contributed by atoms with Gasteiger partial charge in [0.1, 0.15) is 11.1 Å². The number of amides is 1. The van der Waals surface area contributed by atoms with E-state index in [0.29, 0.717) is 22.6 Å². The van der Waals surface area contributed by atoms with Crippen LogP contribution in [0.4, 0.5) is 0 Å². The monoisotopic (exact) mass is 323 g/mol. The van der Waals surface area contributed by atoms with Crippen LogP contribution in [0.2, 0.25) is 0 Å². The summed E-state index contributed by atoms with van der Waals surface area (Å²) in [6.07, 6.45) is 7.87. The summed E-state index contributed by atoms with van der Waals surface area (Å²) in [7, 11) is 0. The SMILES string of the molecule is CC(C)(O)c1ccc(-c2cnc3[nH]cc(/C=C/C(N)=O)c3n2)cn1. The first-order valence-corrected chi connectivity index (χ1v) is 7.35. The van der Waals surface area contributed by atoms with Crippen molar-refractivity contribution < 1.29 is 9.90 Å². The van der Waals surface area contributed by atoms with Gasteiger partial charge in [-0.15, -0.1) is 0 Å². The lowest BCUT2D eigenvalue weighted by Crippen LogP contribution is -2.17. The Bertz CT molecular complexity index is 920. The number of aromatic nitrogens is 4. The second-order valence-corrected chi connectivity index (χ2v) is 5.92. The third-order valence-electron chi connectivity index (χ3n) is 3.52. The average molecular weight is 323 g/mol. The van der Waals surface area contributed by atoms with E-state index < -0.39 is 11.5 Å². The number of hydrogen-bond donors (Lipinski definition) is 3. The Morgan fingerprint density at radius 2 is 2.08 bits per heavy atom. The van der Waals surface area contributed by atoms with E-state index in [-0.39, 0.29) is 0 Å². The fraction of sp³-hybridized carbons (Fsp3) is 0.176. The van der Waals surface area contributed by atoms with E-state index in [4.69, 9.17) is 5.73 Å². The van der Waals surface area contributed by atoms with Crippen LogP contribution in [0.5, 0.6) is 0 Å². The van der Waals surface area contributed by atoms with Crippen molar-refractivity contribution in [1.29, 1.82) is 0 Å². The molecule has 0 bridgehead atoms. The minimum absolute atomic E-state index is 0.528. The third-order valence-corrected chi connectivity index (χ3v) is 3.52. The second kappa shape index (κ2) is 5.86. The fourth-order valence-corrected chi connectivity index (χ4v) is 2.26. The highest BCUT2D eigenvalue weighted by Crippen LogP contribution is 2.23. The molecule has 7 heteroatoms. The number of nitrogens with zero attached hydrogens (tertiary/aromatic N) is 3.